The summed E-state index contributed by atoms with van der Waals surface area (Å²) in [5.41, 5.74) is 6.79. The van der Waals surface area contributed by atoms with E-state index in [0.717, 1.165) is 51.4 Å². The molecule has 0 spiro atoms. The molecule has 3 aromatic carbocycles. The van der Waals surface area contributed by atoms with Crippen molar-refractivity contribution in [3.8, 4) is 17.1 Å². The molecule has 1 heterocycles. The zero-order chi connectivity index (χ0) is 25.2. The fraction of sp³-hybridized carbons (Fsp3) is 0.226. The first-order chi connectivity index (χ1) is 18.1. The van der Waals surface area contributed by atoms with E-state index in [1.165, 1.54) is 32.1 Å². The molecular formula is C31H28Cl2N4. The molecule has 0 amide bonds. The number of para-hydroxylation sites is 2. The Morgan fingerprint density at radius 1 is 0.838 bits per heavy atom. The Balaban J connectivity index is 1.56. The monoisotopic (exact) mass is 526 g/mol. The van der Waals surface area contributed by atoms with Crippen molar-refractivity contribution in [2.45, 2.75) is 32.1 Å². The van der Waals surface area contributed by atoms with Gasteiger partial charge in [-0.05, 0) is 91.6 Å². The molecule has 6 heteroatoms. The van der Waals surface area contributed by atoms with Gasteiger partial charge < -0.3 is 9.88 Å². The first kappa shape index (κ1) is 24.0. The van der Waals surface area contributed by atoms with Crippen molar-refractivity contribution in [1.29, 1.82) is 0 Å². The average Bonchev–Trinajstić information content (AvgIpc) is 2.93. The maximum absolute atomic E-state index is 6.23. The van der Waals surface area contributed by atoms with E-state index in [1.807, 2.05) is 60.7 Å². The predicted octanol–water partition coefficient (Wildman–Crippen LogP) is 8.66. The Morgan fingerprint density at radius 3 is 2.30 bits per heavy atom. The van der Waals surface area contributed by atoms with Crippen LogP contribution in [0.1, 0.15) is 32.1 Å². The highest BCUT2D eigenvalue weighted by Crippen LogP contribution is 2.31. The maximum atomic E-state index is 6.23. The van der Waals surface area contributed by atoms with Crippen LogP contribution in [0.15, 0.2) is 89.9 Å². The van der Waals surface area contributed by atoms with Crippen molar-refractivity contribution in [3.05, 3.63) is 100 Å². The van der Waals surface area contributed by atoms with E-state index < -0.39 is 0 Å². The first-order valence-electron chi connectivity index (χ1n) is 12.9. The van der Waals surface area contributed by atoms with Crippen LogP contribution < -0.4 is 10.7 Å². The second kappa shape index (κ2) is 10.6. The third-order valence-corrected chi connectivity index (χ3v) is 7.65. The molecule has 0 unspecified atom stereocenters. The number of nitrogens with zero attached hydrogens (tertiary/aromatic N) is 3. The second-order valence-electron chi connectivity index (χ2n) is 9.75. The van der Waals surface area contributed by atoms with E-state index in [-0.39, 0.29) is 0 Å². The summed E-state index contributed by atoms with van der Waals surface area (Å²) in [5, 5.41) is 5.94. The number of fused-ring (bicyclic) bond motifs is 2. The highest BCUT2D eigenvalue weighted by molar-refractivity contribution is 6.30. The number of anilines is 2. The Hall–Kier alpha value is -3.34. The summed E-state index contributed by atoms with van der Waals surface area (Å²) < 4.78 is 2.25. The molecule has 0 atom stereocenters. The molecule has 0 saturated heterocycles. The highest BCUT2D eigenvalue weighted by atomic mass is 35.5. The number of halogens is 2. The maximum Gasteiger partial charge on any atom is 0.0900 e. The van der Waals surface area contributed by atoms with Crippen molar-refractivity contribution in [1.82, 2.24) is 9.55 Å². The van der Waals surface area contributed by atoms with Gasteiger partial charge in [-0.3, -0.25) is 4.99 Å². The van der Waals surface area contributed by atoms with Gasteiger partial charge in [-0.15, -0.1) is 0 Å². The standard InChI is InChI=1S/C31H28Cl2N4/c32-22-10-14-24(15-11-22)35-28-18-29-31(19-27(28)34-20-21-6-2-1-3-7-21)37(25-16-12-23(33)13-17-25)30-9-5-4-8-26(30)36-29/h4-5,8-19,21,35H,1-3,6-7,20H2. The predicted molar refractivity (Wildman–Crippen MR) is 154 cm³/mol. The molecule has 0 radical (unpaired) electrons. The highest BCUT2D eigenvalue weighted by Gasteiger charge is 2.18. The SMILES string of the molecule is Clc1ccc(Nc2cc3nc4ccccc4n(-c4ccc(Cl)cc4)c-3cc2=NCC2CCCCC2)cc1. The molecule has 0 bridgehead atoms. The van der Waals surface area contributed by atoms with Crippen LogP contribution in [0.4, 0.5) is 11.4 Å². The molecule has 3 aromatic rings. The van der Waals surface area contributed by atoms with Crippen LogP contribution in [-0.4, -0.2) is 16.1 Å². The van der Waals surface area contributed by atoms with Crippen LogP contribution in [0.3, 0.4) is 0 Å². The van der Waals surface area contributed by atoms with Crippen LogP contribution in [0.2, 0.25) is 10.0 Å². The number of nitrogens with one attached hydrogen (secondary N) is 1. The first-order valence-corrected chi connectivity index (χ1v) is 13.6. The van der Waals surface area contributed by atoms with E-state index in [4.69, 9.17) is 33.2 Å². The smallest absolute Gasteiger partial charge is 0.0900 e. The third-order valence-electron chi connectivity index (χ3n) is 7.15. The van der Waals surface area contributed by atoms with E-state index in [0.29, 0.717) is 16.0 Å². The van der Waals surface area contributed by atoms with Gasteiger partial charge in [0.25, 0.3) is 0 Å². The summed E-state index contributed by atoms with van der Waals surface area (Å²) in [4.78, 5) is 10.2. The van der Waals surface area contributed by atoms with Crippen molar-refractivity contribution in [2.75, 3.05) is 11.9 Å². The largest absolute Gasteiger partial charge is 0.354 e. The van der Waals surface area contributed by atoms with Gasteiger partial charge in [0, 0.05) is 28.0 Å². The molecule has 2 aliphatic carbocycles. The van der Waals surface area contributed by atoms with Crippen LogP contribution in [-0.2, 0) is 0 Å². The fourth-order valence-electron chi connectivity index (χ4n) is 5.23. The molecule has 0 aromatic heterocycles. The molecule has 37 heavy (non-hydrogen) atoms. The number of hydrogen-bond acceptors (Lipinski definition) is 3. The molecule has 1 aliphatic heterocycles. The van der Waals surface area contributed by atoms with Crippen LogP contribution in [0.5, 0.6) is 0 Å². The Morgan fingerprint density at radius 2 is 1.54 bits per heavy atom. The van der Waals surface area contributed by atoms with Gasteiger partial charge >= 0.3 is 0 Å². The zero-order valence-corrected chi connectivity index (χ0v) is 22.0. The van der Waals surface area contributed by atoms with Crippen LogP contribution in [0, 0.1) is 5.92 Å². The summed E-state index contributed by atoms with van der Waals surface area (Å²) in [7, 11) is 0. The second-order valence-corrected chi connectivity index (χ2v) is 10.6. The Bertz CT molecular complexity index is 1570. The molecule has 1 saturated carbocycles. The summed E-state index contributed by atoms with van der Waals surface area (Å²) in [6.07, 6.45) is 6.47. The van der Waals surface area contributed by atoms with Crippen molar-refractivity contribution in [3.63, 3.8) is 0 Å². The Kier molecular flexibility index (Phi) is 6.86. The minimum atomic E-state index is 0.644. The van der Waals surface area contributed by atoms with Gasteiger partial charge in [0.2, 0.25) is 0 Å². The molecular weight excluding hydrogens is 499 g/mol. The minimum Gasteiger partial charge on any atom is -0.354 e. The Labute approximate surface area is 227 Å². The van der Waals surface area contributed by atoms with E-state index in [1.54, 1.807) is 0 Å². The number of aromatic nitrogens is 2. The fourth-order valence-corrected chi connectivity index (χ4v) is 5.48. The minimum absolute atomic E-state index is 0.644. The van der Waals surface area contributed by atoms with Gasteiger partial charge in [-0.25, -0.2) is 4.98 Å². The summed E-state index contributed by atoms with van der Waals surface area (Å²) in [6, 6.07) is 28.2. The summed E-state index contributed by atoms with van der Waals surface area (Å²) in [6.45, 7) is 0.836. The van der Waals surface area contributed by atoms with E-state index in [9.17, 15) is 0 Å². The summed E-state index contributed by atoms with van der Waals surface area (Å²) >= 11 is 12.4. The lowest BCUT2D eigenvalue weighted by Crippen LogP contribution is -2.17. The van der Waals surface area contributed by atoms with E-state index in [2.05, 4.69) is 34.1 Å². The molecule has 186 valence electrons. The molecule has 4 nitrogen and oxygen atoms in total. The number of benzene rings is 4. The normalized spacial score (nSPS) is 14.9. The van der Waals surface area contributed by atoms with Gasteiger partial charge in [0.15, 0.2) is 0 Å². The molecule has 1 N–H and O–H groups in total. The summed E-state index contributed by atoms with van der Waals surface area (Å²) in [5.74, 6) is 0.644. The number of rotatable bonds is 5. The molecule has 6 rings (SSSR count). The van der Waals surface area contributed by atoms with Crippen molar-refractivity contribution < 1.29 is 0 Å². The van der Waals surface area contributed by atoms with Gasteiger partial charge in [-0.1, -0.05) is 54.6 Å². The third kappa shape index (κ3) is 5.22. The van der Waals surface area contributed by atoms with Gasteiger partial charge in [-0.2, -0.15) is 0 Å². The zero-order valence-electron chi connectivity index (χ0n) is 20.5. The van der Waals surface area contributed by atoms with Crippen molar-refractivity contribution >= 4 is 45.6 Å². The van der Waals surface area contributed by atoms with Crippen molar-refractivity contribution in [2.24, 2.45) is 10.9 Å². The topological polar surface area (TPSA) is 42.2 Å². The quantitative estimate of drug-likeness (QED) is 0.233. The van der Waals surface area contributed by atoms with Crippen LogP contribution in [0.25, 0.3) is 28.1 Å². The molecule has 3 aliphatic rings. The lowest BCUT2D eigenvalue weighted by molar-refractivity contribution is 0.365. The lowest BCUT2D eigenvalue weighted by atomic mass is 9.89. The van der Waals surface area contributed by atoms with Gasteiger partial charge in [0.05, 0.1) is 33.5 Å². The lowest BCUT2D eigenvalue weighted by Gasteiger charge is -2.21. The van der Waals surface area contributed by atoms with Crippen LogP contribution >= 0.6 is 23.2 Å². The average molecular weight is 527 g/mol. The van der Waals surface area contributed by atoms with Gasteiger partial charge in [0.1, 0.15) is 0 Å². The molecule has 1 fully saturated rings. The van der Waals surface area contributed by atoms with E-state index >= 15 is 0 Å². The number of hydrogen-bond donors (Lipinski definition) is 1.